The van der Waals surface area contributed by atoms with Crippen LogP contribution in [0.25, 0.3) is 22.2 Å². The number of anilines is 1. The molecule has 2 aromatic carbocycles. The molecule has 0 atom stereocenters. The SMILES string of the molecule is COc1ccc(-c2nc(NC(=O)CCc3nc4ccccc4c(=O)[nH]3)sc2C)cc1. The molecule has 30 heavy (non-hydrogen) atoms. The topological polar surface area (TPSA) is 97.0 Å². The molecule has 0 saturated heterocycles. The van der Waals surface area contributed by atoms with Crippen molar-refractivity contribution in [1.29, 1.82) is 0 Å². The number of H-pyrrole nitrogens is 1. The van der Waals surface area contributed by atoms with Gasteiger partial charge in [0.1, 0.15) is 11.6 Å². The first kappa shape index (κ1) is 19.8. The van der Waals surface area contributed by atoms with Gasteiger partial charge in [-0.05, 0) is 43.3 Å². The van der Waals surface area contributed by atoms with E-state index in [-0.39, 0.29) is 17.9 Å². The lowest BCUT2D eigenvalue weighted by molar-refractivity contribution is -0.116. The molecule has 0 aliphatic heterocycles. The lowest BCUT2D eigenvalue weighted by Gasteiger charge is -2.04. The lowest BCUT2D eigenvalue weighted by Crippen LogP contribution is -2.16. The van der Waals surface area contributed by atoms with Gasteiger partial charge in [0.25, 0.3) is 5.56 Å². The zero-order valence-corrected chi connectivity index (χ0v) is 17.4. The highest BCUT2D eigenvalue weighted by Crippen LogP contribution is 2.31. The summed E-state index contributed by atoms with van der Waals surface area (Å²) in [7, 11) is 1.62. The van der Waals surface area contributed by atoms with E-state index in [1.54, 1.807) is 25.3 Å². The minimum atomic E-state index is -0.198. The van der Waals surface area contributed by atoms with Gasteiger partial charge in [-0.1, -0.05) is 12.1 Å². The maximum atomic E-state index is 12.4. The summed E-state index contributed by atoms with van der Waals surface area (Å²) in [5, 5.41) is 3.92. The summed E-state index contributed by atoms with van der Waals surface area (Å²) in [4.78, 5) is 37.3. The van der Waals surface area contributed by atoms with Crippen LogP contribution in [0.1, 0.15) is 17.1 Å². The van der Waals surface area contributed by atoms with Crippen LogP contribution in [0, 0.1) is 6.92 Å². The normalized spacial score (nSPS) is 10.9. The van der Waals surface area contributed by atoms with Crippen LogP contribution in [0.2, 0.25) is 0 Å². The van der Waals surface area contributed by atoms with Gasteiger partial charge >= 0.3 is 0 Å². The summed E-state index contributed by atoms with van der Waals surface area (Å²) in [5.74, 6) is 1.09. The molecule has 0 spiro atoms. The minimum Gasteiger partial charge on any atom is -0.497 e. The fourth-order valence-corrected chi connectivity index (χ4v) is 3.99. The van der Waals surface area contributed by atoms with E-state index in [0.29, 0.717) is 28.3 Å². The fraction of sp³-hybridized carbons (Fsp3) is 0.182. The van der Waals surface area contributed by atoms with Gasteiger partial charge in [-0.2, -0.15) is 0 Å². The van der Waals surface area contributed by atoms with Crippen molar-refractivity contribution >= 4 is 33.3 Å². The molecule has 0 fully saturated rings. The average Bonchev–Trinajstić information content (AvgIpc) is 3.12. The fourth-order valence-electron chi connectivity index (χ4n) is 3.13. The summed E-state index contributed by atoms with van der Waals surface area (Å²) in [6, 6.07) is 14.8. The number of thiazole rings is 1. The summed E-state index contributed by atoms with van der Waals surface area (Å²) < 4.78 is 5.19. The first-order chi connectivity index (χ1) is 14.5. The largest absolute Gasteiger partial charge is 0.497 e. The van der Waals surface area contributed by atoms with Crippen LogP contribution in [0.5, 0.6) is 5.75 Å². The zero-order valence-electron chi connectivity index (χ0n) is 16.6. The van der Waals surface area contributed by atoms with Gasteiger partial charge in [-0.25, -0.2) is 9.97 Å². The van der Waals surface area contributed by atoms with Crippen LogP contribution < -0.4 is 15.6 Å². The lowest BCUT2D eigenvalue weighted by atomic mass is 10.1. The number of carbonyl (C=O) groups excluding carboxylic acids is 1. The van der Waals surface area contributed by atoms with Crippen molar-refractivity contribution < 1.29 is 9.53 Å². The van der Waals surface area contributed by atoms with Crippen LogP contribution in [-0.2, 0) is 11.2 Å². The molecule has 0 aliphatic rings. The third-order valence-corrected chi connectivity index (χ3v) is 5.54. The number of carbonyl (C=O) groups is 1. The Morgan fingerprint density at radius 2 is 1.90 bits per heavy atom. The number of nitrogens with one attached hydrogen (secondary N) is 2. The standard InChI is InChI=1S/C22H20N4O3S/c1-13-20(14-7-9-15(29-2)10-8-14)26-22(30-13)25-19(27)12-11-18-23-17-6-4-3-5-16(17)21(28)24-18/h3-10H,11-12H2,1-2H3,(H,23,24,28)(H,25,26,27). The number of aryl methyl sites for hydroxylation is 2. The summed E-state index contributed by atoms with van der Waals surface area (Å²) >= 11 is 1.43. The van der Waals surface area contributed by atoms with Crippen molar-refractivity contribution in [3.8, 4) is 17.0 Å². The Morgan fingerprint density at radius 3 is 2.67 bits per heavy atom. The van der Waals surface area contributed by atoms with Crippen LogP contribution in [0.4, 0.5) is 5.13 Å². The molecule has 1 amide bonds. The van der Waals surface area contributed by atoms with Gasteiger partial charge in [0.2, 0.25) is 5.91 Å². The molecule has 4 rings (SSSR count). The van der Waals surface area contributed by atoms with Gasteiger partial charge in [-0.3, -0.25) is 9.59 Å². The molecule has 0 bridgehead atoms. The highest BCUT2D eigenvalue weighted by atomic mass is 32.1. The second-order valence-electron chi connectivity index (χ2n) is 6.73. The molecule has 0 saturated carbocycles. The highest BCUT2D eigenvalue weighted by molar-refractivity contribution is 7.16. The Kier molecular flexibility index (Phi) is 5.58. The van der Waals surface area contributed by atoms with E-state index in [2.05, 4.69) is 20.3 Å². The molecule has 152 valence electrons. The highest BCUT2D eigenvalue weighted by Gasteiger charge is 2.13. The zero-order chi connectivity index (χ0) is 21.1. The Balaban J connectivity index is 1.42. The predicted molar refractivity (Wildman–Crippen MR) is 118 cm³/mol. The number of hydrogen-bond acceptors (Lipinski definition) is 6. The second kappa shape index (κ2) is 8.46. The van der Waals surface area contributed by atoms with E-state index in [0.717, 1.165) is 21.9 Å². The molecule has 2 N–H and O–H groups in total. The molecule has 8 heteroatoms. The van der Waals surface area contributed by atoms with Gasteiger partial charge in [0.15, 0.2) is 5.13 Å². The monoisotopic (exact) mass is 420 g/mol. The van der Waals surface area contributed by atoms with Gasteiger partial charge in [0, 0.05) is 23.3 Å². The molecule has 0 aliphatic carbocycles. The van der Waals surface area contributed by atoms with Gasteiger partial charge < -0.3 is 15.0 Å². The number of aromatic amines is 1. The van der Waals surface area contributed by atoms with Crippen LogP contribution >= 0.6 is 11.3 Å². The number of nitrogens with zero attached hydrogens (tertiary/aromatic N) is 2. The predicted octanol–water partition coefficient (Wildman–Crippen LogP) is 3.93. The number of amides is 1. The molecule has 2 aromatic heterocycles. The van der Waals surface area contributed by atoms with Gasteiger partial charge in [-0.15, -0.1) is 11.3 Å². The van der Waals surface area contributed by atoms with Crippen molar-refractivity contribution in [3.63, 3.8) is 0 Å². The Bertz CT molecular complexity index is 1260. The number of benzene rings is 2. The molecular weight excluding hydrogens is 400 g/mol. The molecule has 7 nitrogen and oxygen atoms in total. The molecule has 4 aromatic rings. The quantitative estimate of drug-likeness (QED) is 0.493. The first-order valence-corrected chi connectivity index (χ1v) is 10.2. The van der Waals surface area contributed by atoms with Crippen LogP contribution in [0.3, 0.4) is 0 Å². The third kappa shape index (κ3) is 4.23. The number of hydrogen-bond donors (Lipinski definition) is 2. The van der Waals surface area contributed by atoms with E-state index in [4.69, 9.17) is 4.74 Å². The maximum absolute atomic E-state index is 12.4. The smallest absolute Gasteiger partial charge is 0.258 e. The number of aromatic nitrogens is 3. The van der Waals surface area contributed by atoms with E-state index < -0.39 is 0 Å². The molecule has 2 heterocycles. The van der Waals surface area contributed by atoms with Crippen molar-refractivity contribution in [2.45, 2.75) is 19.8 Å². The summed E-state index contributed by atoms with van der Waals surface area (Å²) in [6.45, 7) is 1.97. The first-order valence-electron chi connectivity index (χ1n) is 9.43. The Labute approximate surface area is 176 Å². The number of para-hydroxylation sites is 1. The average molecular weight is 420 g/mol. The van der Waals surface area contributed by atoms with Crippen molar-refractivity contribution in [1.82, 2.24) is 15.0 Å². The number of fused-ring (bicyclic) bond motifs is 1. The minimum absolute atomic E-state index is 0.180. The summed E-state index contributed by atoms with van der Waals surface area (Å²) in [6.07, 6.45) is 0.527. The molecule has 0 unspecified atom stereocenters. The number of ether oxygens (including phenoxy) is 1. The Morgan fingerprint density at radius 1 is 1.13 bits per heavy atom. The van der Waals surface area contributed by atoms with E-state index in [1.165, 1.54) is 11.3 Å². The molecule has 0 radical (unpaired) electrons. The van der Waals surface area contributed by atoms with E-state index in [9.17, 15) is 9.59 Å². The van der Waals surface area contributed by atoms with Crippen LogP contribution in [-0.4, -0.2) is 28.0 Å². The second-order valence-corrected chi connectivity index (χ2v) is 7.93. The Hall–Kier alpha value is -3.52. The van der Waals surface area contributed by atoms with Gasteiger partial charge in [0.05, 0.1) is 23.7 Å². The third-order valence-electron chi connectivity index (χ3n) is 4.66. The summed E-state index contributed by atoms with van der Waals surface area (Å²) in [5.41, 5.74) is 2.22. The van der Waals surface area contributed by atoms with E-state index in [1.807, 2.05) is 37.3 Å². The number of rotatable bonds is 6. The van der Waals surface area contributed by atoms with Crippen molar-refractivity contribution in [2.24, 2.45) is 0 Å². The van der Waals surface area contributed by atoms with E-state index >= 15 is 0 Å². The van der Waals surface area contributed by atoms with Crippen molar-refractivity contribution in [2.75, 3.05) is 12.4 Å². The van der Waals surface area contributed by atoms with Crippen molar-refractivity contribution in [3.05, 3.63) is 69.6 Å². The van der Waals surface area contributed by atoms with Crippen LogP contribution in [0.15, 0.2) is 53.3 Å². The molecular formula is C22H20N4O3S. The maximum Gasteiger partial charge on any atom is 0.258 e. The number of methoxy groups -OCH3 is 1.